The Kier molecular flexibility index (Phi) is 8.46. The number of anilines is 1. The molecule has 2 aromatic carbocycles. The smallest absolute Gasteiger partial charge is 0.335 e. The maximum atomic E-state index is 13.4. The quantitative estimate of drug-likeness (QED) is 0.378. The molecule has 1 unspecified atom stereocenters. The lowest BCUT2D eigenvalue weighted by atomic mass is 9.96. The van der Waals surface area contributed by atoms with Gasteiger partial charge in [-0.3, -0.25) is 14.2 Å². The second kappa shape index (κ2) is 11.9. The minimum absolute atomic E-state index is 0.0859. The van der Waals surface area contributed by atoms with Gasteiger partial charge < -0.3 is 19.9 Å². The number of halogens is 1. The van der Waals surface area contributed by atoms with Crippen molar-refractivity contribution in [3.8, 4) is 22.9 Å². The van der Waals surface area contributed by atoms with E-state index < -0.39 is 23.5 Å². The van der Waals surface area contributed by atoms with Crippen molar-refractivity contribution in [3.63, 3.8) is 0 Å². The summed E-state index contributed by atoms with van der Waals surface area (Å²) in [4.78, 5) is 37.9. The number of amides is 1. The number of nitriles is 1. The minimum Gasteiger partial charge on any atom is -0.495 e. The molecule has 1 saturated carbocycles. The van der Waals surface area contributed by atoms with Gasteiger partial charge in [0.15, 0.2) is 0 Å². The highest BCUT2D eigenvalue weighted by molar-refractivity contribution is 6.31. The lowest BCUT2D eigenvalue weighted by Gasteiger charge is -2.27. The summed E-state index contributed by atoms with van der Waals surface area (Å²) in [6.45, 7) is 0.268. The molecule has 4 rings (SSSR count). The molecule has 1 aliphatic rings. The minimum atomic E-state index is -1.08. The Bertz CT molecular complexity index is 1440. The van der Waals surface area contributed by atoms with Gasteiger partial charge in [0.25, 0.3) is 5.56 Å². The Morgan fingerprint density at radius 3 is 2.53 bits per heavy atom. The Hall–Kier alpha value is -4.13. The first-order chi connectivity index (χ1) is 18.3. The fraction of sp³-hybridized carbons (Fsp3) is 0.286. The molecule has 9 nitrogen and oxygen atoms in total. The summed E-state index contributed by atoms with van der Waals surface area (Å²) in [5.41, 5.74) is 1.13. The van der Waals surface area contributed by atoms with E-state index in [1.54, 1.807) is 18.2 Å². The summed E-state index contributed by atoms with van der Waals surface area (Å²) < 4.78 is 12.7. The van der Waals surface area contributed by atoms with Crippen LogP contribution in [0.15, 0.2) is 59.5 Å². The van der Waals surface area contributed by atoms with Crippen molar-refractivity contribution in [2.75, 3.05) is 19.0 Å². The van der Waals surface area contributed by atoms with Crippen LogP contribution in [0, 0.1) is 11.3 Å². The summed E-state index contributed by atoms with van der Waals surface area (Å²) in [5.74, 6) is -1.26. The molecule has 2 N–H and O–H groups in total. The zero-order valence-electron chi connectivity index (χ0n) is 20.6. The van der Waals surface area contributed by atoms with E-state index in [9.17, 15) is 19.6 Å². The third kappa shape index (κ3) is 6.05. The number of nitrogens with one attached hydrogen (secondary N) is 1. The van der Waals surface area contributed by atoms with E-state index in [2.05, 4.69) is 11.4 Å². The van der Waals surface area contributed by atoms with Crippen LogP contribution in [0.25, 0.3) is 11.1 Å². The van der Waals surface area contributed by atoms with Gasteiger partial charge >= 0.3 is 5.97 Å². The summed E-state index contributed by atoms with van der Waals surface area (Å²) in [5, 5.41) is 21.8. The summed E-state index contributed by atoms with van der Waals surface area (Å²) in [6.07, 6.45) is 4.86. The van der Waals surface area contributed by atoms with Crippen molar-refractivity contribution in [1.29, 1.82) is 5.26 Å². The number of aromatic nitrogens is 1. The fourth-order valence-corrected chi connectivity index (χ4v) is 4.36. The molecule has 0 bridgehead atoms. The van der Waals surface area contributed by atoms with E-state index in [-0.39, 0.29) is 30.4 Å². The molecule has 1 aliphatic carbocycles. The maximum Gasteiger partial charge on any atom is 0.335 e. The first-order valence-electron chi connectivity index (χ1n) is 12.1. The average Bonchev–Trinajstić information content (AvgIpc) is 2.88. The number of benzene rings is 2. The molecule has 0 aliphatic heterocycles. The van der Waals surface area contributed by atoms with Gasteiger partial charge in [-0.05, 0) is 61.7 Å². The number of methoxy groups -OCH3 is 1. The summed E-state index contributed by atoms with van der Waals surface area (Å²) >= 11 is 6.15. The maximum absolute atomic E-state index is 13.4. The number of carboxylic acid groups (broad SMARTS) is 1. The monoisotopic (exact) mass is 535 g/mol. The number of hydrogen-bond acceptors (Lipinski definition) is 6. The van der Waals surface area contributed by atoms with Crippen LogP contribution < -0.4 is 15.6 Å². The van der Waals surface area contributed by atoms with Gasteiger partial charge in [0.1, 0.15) is 11.8 Å². The SMILES string of the molecule is COc1cn(C(CCOC2CCC2)C(=O)Nc2ccc(C(=O)O)cc2)c(=O)cc1-c1cc(Cl)ccc1C#N. The molecular weight excluding hydrogens is 510 g/mol. The van der Waals surface area contributed by atoms with E-state index in [1.165, 1.54) is 48.2 Å². The molecular formula is C28H26ClN3O6. The van der Waals surface area contributed by atoms with Gasteiger partial charge in [0.2, 0.25) is 5.91 Å². The van der Waals surface area contributed by atoms with Crippen LogP contribution in [-0.4, -0.2) is 41.4 Å². The van der Waals surface area contributed by atoms with Crippen LogP contribution in [-0.2, 0) is 9.53 Å². The Morgan fingerprint density at radius 2 is 1.92 bits per heavy atom. The number of carbonyl (C=O) groups excluding carboxylic acids is 1. The summed E-state index contributed by atoms with van der Waals surface area (Å²) in [7, 11) is 1.43. The molecule has 1 aromatic heterocycles. The number of carboxylic acids is 1. The molecule has 3 aromatic rings. The van der Waals surface area contributed by atoms with Crippen molar-refractivity contribution < 1.29 is 24.2 Å². The topological polar surface area (TPSA) is 131 Å². The highest BCUT2D eigenvalue weighted by Crippen LogP contribution is 2.34. The van der Waals surface area contributed by atoms with Gasteiger partial charge in [-0.1, -0.05) is 11.6 Å². The number of pyridine rings is 1. The number of carbonyl (C=O) groups is 2. The van der Waals surface area contributed by atoms with Crippen LogP contribution in [0.3, 0.4) is 0 Å². The van der Waals surface area contributed by atoms with E-state index in [1.807, 2.05) is 0 Å². The molecule has 0 saturated heterocycles. The van der Waals surface area contributed by atoms with Crippen LogP contribution in [0.5, 0.6) is 5.75 Å². The molecule has 1 fully saturated rings. The van der Waals surface area contributed by atoms with Crippen molar-refractivity contribution in [2.45, 2.75) is 37.8 Å². The van der Waals surface area contributed by atoms with Gasteiger partial charge in [-0.25, -0.2) is 4.79 Å². The molecule has 10 heteroatoms. The average molecular weight is 536 g/mol. The highest BCUT2D eigenvalue weighted by atomic mass is 35.5. The molecule has 0 spiro atoms. The van der Waals surface area contributed by atoms with E-state index >= 15 is 0 Å². The predicted octanol–water partition coefficient (Wildman–Crippen LogP) is 4.89. The van der Waals surface area contributed by atoms with Gasteiger partial charge in [0, 0.05) is 40.9 Å². The fourth-order valence-electron chi connectivity index (χ4n) is 4.18. The number of hydrogen-bond donors (Lipinski definition) is 2. The Labute approximate surface area is 224 Å². The Balaban J connectivity index is 1.68. The van der Waals surface area contributed by atoms with Crippen LogP contribution >= 0.6 is 11.6 Å². The molecule has 1 heterocycles. The lowest BCUT2D eigenvalue weighted by Crippen LogP contribution is -2.34. The third-order valence-corrected chi connectivity index (χ3v) is 6.73. The normalized spacial score (nSPS) is 13.7. The zero-order chi connectivity index (χ0) is 27.2. The lowest BCUT2D eigenvalue weighted by molar-refractivity contribution is -0.120. The summed E-state index contributed by atoms with van der Waals surface area (Å²) in [6, 6.07) is 12.9. The number of ether oxygens (including phenoxy) is 2. The predicted molar refractivity (Wildman–Crippen MR) is 142 cm³/mol. The number of aromatic carboxylic acids is 1. The standard InChI is InChI=1S/C28H26ClN3O6/c1-37-25-16-32(26(33)14-23(25)22-13-19(29)8-5-18(22)15-30)24(11-12-38-21-3-2-4-21)27(34)31-20-9-6-17(7-10-20)28(35)36/h5-10,13-14,16,21,24H,2-4,11-12H2,1H3,(H,31,34)(H,35,36). The second-order valence-corrected chi connectivity index (χ2v) is 9.34. The third-order valence-electron chi connectivity index (χ3n) is 6.49. The van der Waals surface area contributed by atoms with Crippen LogP contribution in [0.1, 0.15) is 47.6 Å². The van der Waals surface area contributed by atoms with Gasteiger partial charge in [0.05, 0.1) is 36.6 Å². The molecule has 1 amide bonds. The van der Waals surface area contributed by atoms with Crippen molar-refractivity contribution in [1.82, 2.24) is 4.57 Å². The van der Waals surface area contributed by atoms with Crippen molar-refractivity contribution >= 4 is 29.2 Å². The Morgan fingerprint density at radius 1 is 1.18 bits per heavy atom. The van der Waals surface area contributed by atoms with Crippen LogP contribution in [0.4, 0.5) is 5.69 Å². The number of rotatable bonds is 10. The molecule has 38 heavy (non-hydrogen) atoms. The first-order valence-corrected chi connectivity index (χ1v) is 12.4. The highest BCUT2D eigenvalue weighted by Gasteiger charge is 2.26. The van der Waals surface area contributed by atoms with Crippen molar-refractivity contribution in [3.05, 3.63) is 81.2 Å². The van der Waals surface area contributed by atoms with Gasteiger partial charge in [-0.15, -0.1) is 0 Å². The van der Waals surface area contributed by atoms with Gasteiger partial charge in [-0.2, -0.15) is 5.26 Å². The van der Waals surface area contributed by atoms with E-state index in [0.717, 1.165) is 19.3 Å². The van der Waals surface area contributed by atoms with E-state index in [0.29, 0.717) is 27.4 Å². The molecule has 0 radical (unpaired) electrons. The molecule has 196 valence electrons. The van der Waals surface area contributed by atoms with Crippen molar-refractivity contribution in [2.24, 2.45) is 0 Å². The number of nitrogens with zero attached hydrogens (tertiary/aromatic N) is 2. The largest absolute Gasteiger partial charge is 0.495 e. The molecule has 1 atom stereocenters. The first kappa shape index (κ1) is 26.9. The van der Waals surface area contributed by atoms with E-state index in [4.69, 9.17) is 26.2 Å². The van der Waals surface area contributed by atoms with Crippen LogP contribution in [0.2, 0.25) is 5.02 Å². The second-order valence-electron chi connectivity index (χ2n) is 8.90. The zero-order valence-corrected chi connectivity index (χ0v) is 21.4.